The van der Waals surface area contributed by atoms with Crippen molar-refractivity contribution in [3.63, 3.8) is 0 Å². The van der Waals surface area contributed by atoms with Crippen LogP contribution in [0.25, 0.3) is 0 Å². The van der Waals surface area contributed by atoms with Crippen LogP contribution in [-0.4, -0.2) is 65.6 Å². The largest absolute Gasteiger partial charge is 0.392 e. The van der Waals surface area contributed by atoms with E-state index in [0.29, 0.717) is 18.1 Å². The number of hydrogen-bond acceptors (Lipinski definition) is 4. The van der Waals surface area contributed by atoms with Gasteiger partial charge in [-0.2, -0.15) is 0 Å². The summed E-state index contributed by atoms with van der Waals surface area (Å²) in [5, 5.41) is 0. The van der Waals surface area contributed by atoms with Gasteiger partial charge in [0.2, 0.25) is 0 Å². The molecule has 0 aromatic carbocycles. The summed E-state index contributed by atoms with van der Waals surface area (Å²) in [6.07, 6.45) is 1.81. The Balaban J connectivity index is 1.86. The summed E-state index contributed by atoms with van der Waals surface area (Å²) >= 11 is 4.90. The number of ether oxygens (including phenoxy) is 1. The van der Waals surface area contributed by atoms with E-state index in [9.17, 15) is 4.79 Å². The molecule has 0 aromatic heterocycles. The molecule has 2 rings (SSSR count). The van der Waals surface area contributed by atoms with Crippen LogP contribution in [0.3, 0.4) is 0 Å². The molecule has 0 radical (unpaired) electrons. The zero-order chi connectivity index (χ0) is 13.2. The lowest BCUT2D eigenvalue weighted by molar-refractivity contribution is -0.152. The molecule has 18 heavy (non-hydrogen) atoms. The summed E-state index contributed by atoms with van der Waals surface area (Å²) in [5.41, 5.74) is 4.94. The van der Waals surface area contributed by atoms with Crippen molar-refractivity contribution in [2.24, 2.45) is 5.73 Å². The highest BCUT2D eigenvalue weighted by Gasteiger charge is 2.41. The lowest BCUT2D eigenvalue weighted by atomic mass is 10.0. The summed E-state index contributed by atoms with van der Waals surface area (Å²) < 4.78 is 5.60. The fourth-order valence-electron chi connectivity index (χ4n) is 2.61. The highest BCUT2D eigenvalue weighted by Crippen LogP contribution is 2.27. The number of thiocarbonyl (C=S) groups is 1. The van der Waals surface area contributed by atoms with Crippen LogP contribution in [0.4, 0.5) is 0 Å². The molecule has 1 atom stereocenters. The van der Waals surface area contributed by atoms with Crippen LogP contribution in [0.15, 0.2) is 0 Å². The van der Waals surface area contributed by atoms with Gasteiger partial charge < -0.3 is 15.4 Å². The molecule has 0 spiro atoms. The van der Waals surface area contributed by atoms with Crippen molar-refractivity contribution in [1.82, 2.24) is 9.80 Å². The van der Waals surface area contributed by atoms with Crippen molar-refractivity contribution in [2.45, 2.75) is 25.4 Å². The van der Waals surface area contributed by atoms with E-state index < -0.39 is 5.60 Å². The van der Waals surface area contributed by atoms with Gasteiger partial charge in [0, 0.05) is 39.3 Å². The van der Waals surface area contributed by atoms with Crippen LogP contribution in [-0.2, 0) is 9.53 Å². The smallest absolute Gasteiger partial charge is 0.254 e. The second-order valence-corrected chi connectivity index (χ2v) is 5.74. The van der Waals surface area contributed by atoms with Gasteiger partial charge in [-0.05, 0) is 19.8 Å². The number of carbonyl (C=O) groups excluding carboxylic acids is 1. The van der Waals surface area contributed by atoms with Gasteiger partial charge in [-0.25, -0.2) is 0 Å². The maximum absolute atomic E-state index is 12.4. The number of nitrogens with two attached hydrogens (primary N) is 1. The molecule has 2 N–H and O–H groups in total. The highest BCUT2D eigenvalue weighted by molar-refractivity contribution is 7.80. The molecule has 5 nitrogen and oxygen atoms in total. The predicted molar refractivity (Wildman–Crippen MR) is 73.4 cm³/mol. The Bertz CT molecular complexity index is 334. The van der Waals surface area contributed by atoms with Crippen LogP contribution in [0, 0.1) is 0 Å². The van der Waals surface area contributed by atoms with E-state index in [0.717, 1.165) is 39.0 Å². The number of rotatable bonds is 3. The van der Waals surface area contributed by atoms with Crippen LogP contribution in [0.5, 0.6) is 0 Å². The first-order valence-corrected chi connectivity index (χ1v) is 6.86. The molecule has 0 aromatic rings. The number of nitrogens with zero attached hydrogens (tertiary/aromatic N) is 2. The third-order valence-corrected chi connectivity index (χ3v) is 3.84. The fraction of sp³-hybridized carbons (Fsp3) is 0.833. The molecule has 6 heteroatoms. The van der Waals surface area contributed by atoms with Crippen molar-refractivity contribution in [3.8, 4) is 0 Å². The Morgan fingerprint density at radius 2 is 2.06 bits per heavy atom. The summed E-state index contributed by atoms with van der Waals surface area (Å²) in [6.45, 7) is 6.39. The van der Waals surface area contributed by atoms with Gasteiger partial charge in [0.15, 0.2) is 0 Å². The Morgan fingerprint density at radius 3 is 2.56 bits per heavy atom. The Labute approximate surface area is 113 Å². The quantitative estimate of drug-likeness (QED) is 0.731. The maximum atomic E-state index is 12.4. The third-order valence-electron chi connectivity index (χ3n) is 3.71. The highest BCUT2D eigenvalue weighted by atomic mass is 32.1. The lowest BCUT2D eigenvalue weighted by Crippen LogP contribution is -2.55. The molecule has 0 bridgehead atoms. The van der Waals surface area contributed by atoms with Gasteiger partial charge in [-0.15, -0.1) is 0 Å². The average Bonchev–Trinajstić information content (AvgIpc) is 2.77. The van der Waals surface area contributed by atoms with Crippen molar-refractivity contribution in [3.05, 3.63) is 0 Å². The molecule has 102 valence electrons. The lowest BCUT2D eigenvalue weighted by Gasteiger charge is -2.38. The Hall–Kier alpha value is -0.720. The van der Waals surface area contributed by atoms with Crippen molar-refractivity contribution >= 4 is 23.1 Å². The topological polar surface area (TPSA) is 58.8 Å². The number of amides is 1. The van der Waals surface area contributed by atoms with Crippen LogP contribution >= 0.6 is 12.2 Å². The molecule has 1 unspecified atom stereocenters. The first kappa shape index (κ1) is 13.7. The van der Waals surface area contributed by atoms with Crippen LogP contribution < -0.4 is 5.73 Å². The molecular formula is C12H21N3O2S. The summed E-state index contributed by atoms with van der Waals surface area (Å²) in [5.74, 6) is 0.134. The van der Waals surface area contributed by atoms with Crippen molar-refractivity contribution in [1.29, 1.82) is 0 Å². The number of hydrogen-bond donors (Lipinski definition) is 1. The van der Waals surface area contributed by atoms with Gasteiger partial charge in [0.05, 0.1) is 4.99 Å². The molecule has 0 saturated carbocycles. The normalized spacial score (nSPS) is 29.5. The van der Waals surface area contributed by atoms with Gasteiger partial charge in [-0.3, -0.25) is 9.69 Å². The average molecular weight is 271 g/mol. The van der Waals surface area contributed by atoms with E-state index >= 15 is 0 Å². The minimum Gasteiger partial charge on any atom is -0.392 e. The second-order valence-electron chi connectivity index (χ2n) is 5.22. The number of carbonyl (C=O) groups is 1. The van der Waals surface area contributed by atoms with Crippen LogP contribution in [0.1, 0.15) is 19.8 Å². The number of piperazine rings is 1. The molecule has 2 aliphatic rings. The maximum Gasteiger partial charge on any atom is 0.254 e. The van der Waals surface area contributed by atoms with E-state index in [4.69, 9.17) is 22.7 Å². The predicted octanol–water partition coefficient (Wildman–Crippen LogP) is -0.0142. The van der Waals surface area contributed by atoms with E-state index in [1.54, 1.807) is 0 Å². The fourth-order valence-corrected chi connectivity index (χ4v) is 2.79. The van der Waals surface area contributed by atoms with Crippen LogP contribution in [0.2, 0.25) is 0 Å². The Morgan fingerprint density at radius 1 is 1.39 bits per heavy atom. The summed E-state index contributed by atoms with van der Waals surface area (Å²) in [4.78, 5) is 17.0. The Kier molecular flexibility index (Phi) is 4.19. The molecule has 2 heterocycles. The molecule has 1 amide bonds. The van der Waals surface area contributed by atoms with Crippen molar-refractivity contribution in [2.75, 3.05) is 39.3 Å². The van der Waals surface area contributed by atoms with E-state index in [2.05, 4.69) is 4.90 Å². The van der Waals surface area contributed by atoms with E-state index in [1.165, 1.54) is 0 Å². The van der Waals surface area contributed by atoms with Gasteiger partial charge in [0.1, 0.15) is 5.60 Å². The van der Waals surface area contributed by atoms with E-state index in [-0.39, 0.29) is 5.91 Å². The van der Waals surface area contributed by atoms with Gasteiger partial charge in [0.25, 0.3) is 5.91 Å². The van der Waals surface area contributed by atoms with Crippen molar-refractivity contribution < 1.29 is 9.53 Å². The zero-order valence-electron chi connectivity index (χ0n) is 10.9. The SMILES string of the molecule is CC1(C(=O)N2CCN(CC(N)=S)CC2)CCCO1. The molecule has 2 aliphatic heterocycles. The standard InChI is InChI=1S/C12H21N3O2S/c1-12(3-2-8-17-12)11(16)15-6-4-14(5-7-15)9-10(13)18/h2-9H2,1H3,(H2,13,18). The molecule has 2 saturated heterocycles. The minimum atomic E-state index is -0.592. The first-order chi connectivity index (χ1) is 8.51. The molecule has 0 aliphatic carbocycles. The van der Waals surface area contributed by atoms with E-state index in [1.807, 2.05) is 11.8 Å². The van der Waals surface area contributed by atoms with Gasteiger partial charge >= 0.3 is 0 Å². The summed E-state index contributed by atoms with van der Waals surface area (Å²) in [7, 11) is 0. The summed E-state index contributed by atoms with van der Waals surface area (Å²) in [6, 6.07) is 0. The monoisotopic (exact) mass is 271 g/mol. The first-order valence-electron chi connectivity index (χ1n) is 6.45. The molecule has 2 fully saturated rings. The third kappa shape index (κ3) is 2.99. The zero-order valence-corrected chi connectivity index (χ0v) is 11.7. The minimum absolute atomic E-state index is 0.134. The second kappa shape index (κ2) is 5.50. The van der Waals surface area contributed by atoms with Gasteiger partial charge in [-0.1, -0.05) is 12.2 Å². The molecular weight excluding hydrogens is 250 g/mol.